The number of H-pyrrole nitrogens is 1. The number of aliphatic carboxylic acids is 1. The Morgan fingerprint density at radius 2 is 2.30 bits per heavy atom. The summed E-state index contributed by atoms with van der Waals surface area (Å²) in [5.41, 5.74) is 1.32. The summed E-state index contributed by atoms with van der Waals surface area (Å²) in [6, 6.07) is 1.77. The first-order chi connectivity index (χ1) is 9.47. The van der Waals surface area contributed by atoms with Gasteiger partial charge in [0.25, 0.3) is 5.91 Å². The third-order valence-electron chi connectivity index (χ3n) is 3.54. The third-order valence-corrected chi connectivity index (χ3v) is 3.54. The number of hydrogen-bond donors (Lipinski definition) is 2. The van der Waals surface area contributed by atoms with Crippen molar-refractivity contribution in [2.24, 2.45) is 11.8 Å². The van der Waals surface area contributed by atoms with Crippen LogP contribution in [0.1, 0.15) is 42.9 Å². The number of aromatic nitrogens is 2. The monoisotopic (exact) mass is 279 g/mol. The second kappa shape index (κ2) is 6.07. The van der Waals surface area contributed by atoms with Gasteiger partial charge < -0.3 is 10.0 Å². The van der Waals surface area contributed by atoms with E-state index in [9.17, 15) is 9.59 Å². The van der Waals surface area contributed by atoms with Gasteiger partial charge in [0, 0.05) is 18.8 Å². The van der Waals surface area contributed by atoms with Crippen LogP contribution in [-0.4, -0.2) is 45.2 Å². The maximum absolute atomic E-state index is 12.3. The van der Waals surface area contributed by atoms with E-state index in [1.165, 1.54) is 0 Å². The SMILES string of the molecule is CC(C)Cc1cc(C(=O)N2CCCC(C(=O)O)C2)n[nH]1. The number of likely N-dealkylation sites (tertiary alicyclic amines) is 1. The van der Waals surface area contributed by atoms with Gasteiger partial charge in [0.05, 0.1) is 5.92 Å². The lowest BCUT2D eigenvalue weighted by atomic mass is 9.98. The van der Waals surface area contributed by atoms with E-state index in [2.05, 4.69) is 24.0 Å². The highest BCUT2D eigenvalue weighted by Gasteiger charge is 2.29. The number of carbonyl (C=O) groups excluding carboxylic acids is 1. The number of carbonyl (C=O) groups is 2. The molecule has 1 atom stereocenters. The van der Waals surface area contributed by atoms with E-state index in [1.54, 1.807) is 11.0 Å². The number of nitrogens with zero attached hydrogens (tertiary/aromatic N) is 2. The van der Waals surface area contributed by atoms with Gasteiger partial charge in [-0.2, -0.15) is 5.10 Å². The fraction of sp³-hybridized carbons (Fsp3) is 0.643. The summed E-state index contributed by atoms with van der Waals surface area (Å²) in [5, 5.41) is 16.0. The Kier molecular flexibility index (Phi) is 4.42. The maximum atomic E-state index is 12.3. The van der Waals surface area contributed by atoms with Gasteiger partial charge in [-0.3, -0.25) is 14.7 Å². The number of piperidine rings is 1. The quantitative estimate of drug-likeness (QED) is 0.875. The molecule has 0 radical (unpaired) electrons. The molecule has 110 valence electrons. The molecule has 1 aromatic heterocycles. The smallest absolute Gasteiger partial charge is 0.308 e. The number of carboxylic acids is 1. The van der Waals surface area contributed by atoms with Crippen LogP contribution in [0.25, 0.3) is 0 Å². The van der Waals surface area contributed by atoms with E-state index in [4.69, 9.17) is 5.11 Å². The van der Waals surface area contributed by atoms with Crippen molar-refractivity contribution in [1.29, 1.82) is 0 Å². The van der Waals surface area contributed by atoms with Crippen LogP contribution >= 0.6 is 0 Å². The summed E-state index contributed by atoms with van der Waals surface area (Å²) < 4.78 is 0. The molecule has 1 fully saturated rings. The van der Waals surface area contributed by atoms with E-state index in [0.29, 0.717) is 24.6 Å². The molecule has 0 aliphatic carbocycles. The average molecular weight is 279 g/mol. The van der Waals surface area contributed by atoms with Gasteiger partial charge in [0.15, 0.2) is 0 Å². The highest BCUT2D eigenvalue weighted by Crippen LogP contribution is 2.18. The van der Waals surface area contributed by atoms with E-state index >= 15 is 0 Å². The van der Waals surface area contributed by atoms with Gasteiger partial charge >= 0.3 is 5.97 Å². The molecule has 0 aromatic carbocycles. The Labute approximate surface area is 118 Å². The molecule has 1 aromatic rings. The highest BCUT2D eigenvalue weighted by atomic mass is 16.4. The summed E-state index contributed by atoms with van der Waals surface area (Å²) in [6.45, 7) is 5.09. The molecule has 2 rings (SSSR count). The van der Waals surface area contributed by atoms with Crippen molar-refractivity contribution < 1.29 is 14.7 Å². The number of aromatic amines is 1. The molecule has 6 heteroatoms. The first-order valence-corrected chi connectivity index (χ1v) is 7.03. The standard InChI is InChI=1S/C14H21N3O3/c1-9(2)6-11-7-12(16-15-11)13(18)17-5-3-4-10(8-17)14(19)20/h7,9-10H,3-6,8H2,1-2H3,(H,15,16)(H,19,20). The fourth-order valence-corrected chi connectivity index (χ4v) is 2.54. The van der Waals surface area contributed by atoms with Crippen LogP contribution in [0.4, 0.5) is 0 Å². The van der Waals surface area contributed by atoms with Crippen molar-refractivity contribution in [2.75, 3.05) is 13.1 Å². The van der Waals surface area contributed by atoms with E-state index in [-0.39, 0.29) is 12.5 Å². The minimum atomic E-state index is -0.829. The third kappa shape index (κ3) is 3.37. The molecule has 1 aliphatic heterocycles. The first-order valence-electron chi connectivity index (χ1n) is 7.03. The number of hydrogen-bond acceptors (Lipinski definition) is 3. The minimum absolute atomic E-state index is 0.179. The van der Waals surface area contributed by atoms with Gasteiger partial charge in [-0.1, -0.05) is 13.8 Å². The van der Waals surface area contributed by atoms with Crippen LogP contribution in [0.15, 0.2) is 6.07 Å². The normalized spacial score (nSPS) is 19.4. The van der Waals surface area contributed by atoms with Crippen molar-refractivity contribution in [3.8, 4) is 0 Å². The Morgan fingerprint density at radius 1 is 1.55 bits per heavy atom. The molecule has 0 saturated carbocycles. The molecular weight excluding hydrogens is 258 g/mol. The van der Waals surface area contributed by atoms with Crippen LogP contribution < -0.4 is 0 Å². The zero-order valence-corrected chi connectivity index (χ0v) is 11.9. The van der Waals surface area contributed by atoms with Gasteiger partial charge in [-0.25, -0.2) is 0 Å². The largest absolute Gasteiger partial charge is 0.481 e. The average Bonchev–Trinajstić information content (AvgIpc) is 2.85. The molecule has 2 heterocycles. The second-order valence-electron chi connectivity index (χ2n) is 5.80. The number of nitrogens with one attached hydrogen (secondary N) is 1. The second-order valence-corrected chi connectivity index (χ2v) is 5.80. The lowest BCUT2D eigenvalue weighted by Gasteiger charge is -2.30. The minimum Gasteiger partial charge on any atom is -0.481 e. The molecule has 0 bridgehead atoms. The zero-order valence-electron chi connectivity index (χ0n) is 11.9. The van der Waals surface area contributed by atoms with Gasteiger partial charge in [0.1, 0.15) is 5.69 Å². The van der Waals surface area contributed by atoms with Crippen LogP contribution in [0.2, 0.25) is 0 Å². The van der Waals surface area contributed by atoms with Crippen molar-refractivity contribution in [3.05, 3.63) is 17.5 Å². The molecule has 1 amide bonds. The van der Waals surface area contributed by atoms with Crippen molar-refractivity contribution in [2.45, 2.75) is 33.1 Å². The summed E-state index contributed by atoms with van der Waals surface area (Å²) >= 11 is 0. The predicted octanol–water partition coefficient (Wildman–Crippen LogP) is 1.54. The summed E-state index contributed by atoms with van der Waals surface area (Å²) in [6.07, 6.45) is 2.21. The van der Waals surface area contributed by atoms with Gasteiger partial charge in [0.2, 0.25) is 0 Å². The van der Waals surface area contributed by atoms with Crippen molar-refractivity contribution >= 4 is 11.9 Å². The number of carboxylic acid groups (broad SMARTS) is 1. The van der Waals surface area contributed by atoms with Crippen LogP contribution in [0.3, 0.4) is 0 Å². The Morgan fingerprint density at radius 3 is 2.95 bits per heavy atom. The molecule has 1 unspecified atom stereocenters. The lowest BCUT2D eigenvalue weighted by molar-refractivity contribution is -0.143. The topological polar surface area (TPSA) is 86.3 Å². The molecule has 20 heavy (non-hydrogen) atoms. The van der Waals surface area contributed by atoms with Crippen LogP contribution in [-0.2, 0) is 11.2 Å². The Bertz CT molecular complexity index is 496. The molecular formula is C14H21N3O3. The molecule has 6 nitrogen and oxygen atoms in total. The number of rotatable bonds is 4. The van der Waals surface area contributed by atoms with Gasteiger partial charge in [-0.15, -0.1) is 0 Å². The number of amides is 1. The summed E-state index contributed by atoms with van der Waals surface area (Å²) in [7, 11) is 0. The van der Waals surface area contributed by atoms with Crippen LogP contribution in [0, 0.1) is 11.8 Å². The lowest BCUT2D eigenvalue weighted by Crippen LogP contribution is -2.42. The van der Waals surface area contributed by atoms with Crippen molar-refractivity contribution in [3.63, 3.8) is 0 Å². The summed E-state index contributed by atoms with van der Waals surface area (Å²) in [5.74, 6) is -0.973. The molecule has 2 N–H and O–H groups in total. The maximum Gasteiger partial charge on any atom is 0.308 e. The van der Waals surface area contributed by atoms with Crippen molar-refractivity contribution in [1.82, 2.24) is 15.1 Å². The molecule has 0 spiro atoms. The zero-order chi connectivity index (χ0) is 14.7. The fourth-order valence-electron chi connectivity index (χ4n) is 2.54. The molecule has 1 saturated heterocycles. The van der Waals surface area contributed by atoms with E-state index in [0.717, 1.165) is 18.5 Å². The Hall–Kier alpha value is -1.85. The van der Waals surface area contributed by atoms with Gasteiger partial charge in [-0.05, 0) is 31.2 Å². The van der Waals surface area contributed by atoms with E-state index < -0.39 is 11.9 Å². The van der Waals surface area contributed by atoms with Crippen LogP contribution in [0.5, 0.6) is 0 Å². The predicted molar refractivity (Wildman–Crippen MR) is 73.4 cm³/mol. The Balaban J connectivity index is 2.03. The highest BCUT2D eigenvalue weighted by molar-refractivity contribution is 5.92. The molecule has 1 aliphatic rings. The first kappa shape index (κ1) is 14.6. The van der Waals surface area contributed by atoms with E-state index in [1.807, 2.05) is 0 Å². The summed E-state index contributed by atoms with van der Waals surface area (Å²) in [4.78, 5) is 24.9.